The quantitative estimate of drug-likeness (QED) is 0.587. The number of benzene rings is 1. The largest absolute Gasteiger partial charge is 0.489 e. The van der Waals surface area contributed by atoms with Crippen LogP contribution in [0, 0.1) is 10.1 Å². The van der Waals surface area contributed by atoms with E-state index in [9.17, 15) is 19.7 Å². The fourth-order valence-corrected chi connectivity index (χ4v) is 2.92. The van der Waals surface area contributed by atoms with Crippen LogP contribution in [0.5, 0.6) is 5.75 Å². The van der Waals surface area contributed by atoms with E-state index in [2.05, 4.69) is 0 Å². The summed E-state index contributed by atoms with van der Waals surface area (Å²) in [5.74, 6) is -0.604. The van der Waals surface area contributed by atoms with E-state index in [1.165, 1.54) is 17.0 Å². The highest BCUT2D eigenvalue weighted by Crippen LogP contribution is 2.39. The van der Waals surface area contributed by atoms with E-state index in [0.29, 0.717) is 24.5 Å². The second-order valence-electron chi connectivity index (χ2n) is 5.35. The van der Waals surface area contributed by atoms with Crippen molar-refractivity contribution in [2.45, 2.75) is 6.04 Å². The molecule has 23 heavy (non-hydrogen) atoms. The van der Waals surface area contributed by atoms with Crippen LogP contribution in [0.3, 0.4) is 0 Å². The van der Waals surface area contributed by atoms with E-state index in [1.54, 1.807) is 0 Å². The molecule has 0 aliphatic carbocycles. The minimum absolute atomic E-state index is 0.196. The molecule has 122 valence electrons. The van der Waals surface area contributed by atoms with Gasteiger partial charge in [-0.2, -0.15) is 0 Å². The minimum Gasteiger partial charge on any atom is -0.489 e. The van der Waals surface area contributed by atoms with Crippen LogP contribution in [0.15, 0.2) is 12.1 Å². The van der Waals surface area contributed by atoms with E-state index < -0.39 is 22.6 Å². The Morgan fingerprint density at radius 3 is 2.74 bits per heavy atom. The Kier molecular flexibility index (Phi) is 3.43. The molecule has 0 unspecified atom stereocenters. The molecule has 10 nitrogen and oxygen atoms in total. The number of anilines is 1. The molecule has 1 saturated heterocycles. The lowest BCUT2D eigenvalue weighted by Crippen LogP contribution is -2.58. The van der Waals surface area contributed by atoms with Gasteiger partial charge in [0.2, 0.25) is 0 Å². The van der Waals surface area contributed by atoms with Crippen molar-refractivity contribution in [2.24, 2.45) is 5.73 Å². The summed E-state index contributed by atoms with van der Waals surface area (Å²) in [7, 11) is 0. The lowest BCUT2D eigenvalue weighted by Gasteiger charge is -2.44. The zero-order valence-corrected chi connectivity index (χ0v) is 12.0. The van der Waals surface area contributed by atoms with Gasteiger partial charge in [-0.3, -0.25) is 14.9 Å². The maximum Gasteiger partial charge on any atom is 0.407 e. The highest BCUT2D eigenvalue weighted by Gasteiger charge is 2.36. The molecule has 2 amide bonds. The van der Waals surface area contributed by atoms with Gasteiger partial charge in [0.1, 0.15) is 17.9 Å². The van der Waals surface area contributed by atoms with Crippen molar-refractivity contribution in [1.82, 2.24) is 4.90 Å². The zero-order valence-electron chi connectivity index (χ0n) is 12.0. The van der Waals surface area contributed by atoms with Gasteiger partial charge in [0.15, 0.2) is 0 Å². The van der Waals surface area contributed by atoms with Crippen molar-refractivity contribution in [1.29, 1.82) is 0 Å². The fourth-order valence-electron chi connectivity index (χ4n) is 2.92. The molecule has 0 bridgehead atoms. The van der Waals surface area contributed by atoms with Gasteiger partial charge in [-0.05, 0) is 6.07 Å². The first-order valence-electron chi connectivity index (χ1n) is 6.88. The summed E-state index contributed by atoms with van der Waals surface area (Å²) >= 11 is 0. The van der Waals surface area contributed by atoms with Crippen molar-refractivity contribution < 1.29 is 24.4 Å². The molecule has 1 atom stereocenters. The van der Waals surface area contributed by atoms with Gasteiger partial charge in [0, 0.05) is 19.6 Å². The number of piperazine rings is 1. The van der Waals surface area contributed by atoms with Crippen molar-refractivity contribution in [2.75, 3.05) is 31.1 Å². The van der Waals surface area contributed by atoms with E-state index in [0.717, 1.165) is 0 Å². The van der Waals surface area contributed by atoms with Crippen LogP contribution < -0.4 is 15.4 Å². The first-order chi connectivity index (χ1) is 10.9. The standard InChI is InChI=1S/C13H14N4O6/c14-12(18)8-3-10-11(4-9(8)17(21)22)23-6-7-5-15(13(19)20)1-2-16(7)10/h3-4,7H,1-2,5-6H2,(H2,14,18)(H,19,20)/t7-/m1/s1. The van der Waals surface area contributed by atoms with Crippen molar-refractivity contribution in [3.8, 4) is 5.75 Å². The van der Waals surface area contributed by atoms with Crippen LogP contribution in [-0.2, 0) is 0 Å². The molecule has 1 fully saturated rings. The lowest BCUT2D eigenvalue weighted by molar-refractivity contribution is -0.385. The molecule has 3 rings (SSSR count). The molecule has 0 saturated carbocycles. The summed E-state index contributed by atoms with van der Waals surface area (Å²) in [6, 6.07) is 2.32. The maximum absolute atomic E-state index is 11.5. The van der Waals surface area contributed by atoms with Gasteiger partial charge in [0.25, 0.3) is 11.6 Å². The van der Waals surface area contributed by atoms with Crippen LogP contribution >= 0.6 is 0 Å². The van der Waals surface area contributed by atoms with Gasteiger partial charge in [0.05, 0.1) is 22.7 Å². The van der Waals surface area contributed by atoms with E-state index in [1.807, 2.05) is 4.90 Å². The van der Waals surface area contributed by atoms with Crippen LogP contribution in [0.25, 0.3) is 0 Å². The molecule has 10 heteroatoms. The molecule has 2 heterocycles. The zero-order chi connectivity index (χ0) is 16.7. The Morgan fingerprint density at radius 1 is 1.39 bits per heavy atom. The number of carbonyl (C=O) groups is 2. The van der Waals surface area contributed by atoms with Gasteiger partial charge in [-0.15, -0.1) is 0 Å². The predicted octanol–water partition coefficient (Wildman–Crippen LogP) is 0.255. The number of fused-ring (bicyclic) bond motifs is 3. The van der Waals surface area contributed by atoms with E-state index >= 15 is 0 Å². The normalized spacial score (nSPS) is 19.4. The molecule has 1 aromatic rings. The average Bonchev–Trinajstić information content (AvgIpc) is 2.52. The highest BCUT2D eigenvalue weighted by molar-refractivity contribution is 5.98. The number of amides is 2. The molecule has 3 N–H and O–H groups in total. The first-order valence-corrected chi connectivity index (χ1v) is 6.88. The average molecular weight is 322 g/mol. The number of nitrogens with two attached hydrogens (primary N) is 1. The summed E-state index contributed by atoms with van der Waals surface area (Å²) < 4.78 is 5.53. The molecule has 0 radical (unpaired) electrons. The Morgan fingerprint density at radius 2 is 2.13 bits per heavy atom. The first kappa shape index (κ1) is 14.9. The third-order valence-corrected chi connectivity index (χ3v) is 4.03. The molecular weight excluding hydrogens is 308 g/mol. The number of nitro benzene ring substituents is 1. The van der Waals surface area contributed by atoms with E-state index in [4.69, 9.17) is 15.6 Å². The topological polar surface area (TPSA) is 139 Å². The van der Waals surface area contributed by atoms with Crippen LogP contribution in [0.4, 0.5) is 16.2 Å². The van der Waals surface area contributed by atoms with Crippen molar-refractivity contribution in [3.63, 3.8) is 0 Å². The summed E-state index contributed by atoms with van der Waals surface area (Å²) in [4.78, 5) is 36.1. The maximum atomic E-state index is 11.5. The number of primary amides is 1. The number of carbonyl (C=O) groups excluding carboxylic acids is 1. The summed E-state index contributed by atoms with van der Waals surface area (Å²) in [5.41, 5.74) is 5.15. The van der Waals surface area contributed by atoms with E-state index in [-0.39, 0.29) is 24.8 Å². The SMILES string of the molecule is NC(=O)c1cc2c(cc1[N+](=O)[O-])OC[C@H]1CN(C(=O)O)CCN21. The van der Waals surface area contributed by atoms with Gasteiger partial charge in [-0.1, -0.05) is 0 Å². The number of hydrogen-bond donors (Lipinski definition) is 2. The molecule has 2 aliphatic rings. The Balaban J connectivity index is 2.00. The molecule has 0 spiro atoms. The number of ether oxygens (including phenoxy) is 1. The summed E-state index contributed by atoms with van der Waals surface area (Å²) in [5, 5.41) is 20.1. The van der Waals surface area contributed by atoms with Gasteiger partial charge < -0.3 is 25.4 Å². The van der Waals surface area contributed by atoms with Crippen LogP contribution in [-0.4, -0.2) is 59.2 Å². The fraction of sp³-hybridized carbons (Fsp3) is 0.385. The molecule has 2 aliphatic heterocycles. The number of hydrogen-bond acceptors (Lipinski definition) is 6. The molecule has 1 aromatic carbocycles. The number of nitro groups is 1. The molecule has 0 aromatic heterocycles. The van der Waals surface area contributed by atoms with Gasteiger partial charge in [-0.25, -0.2) is 4.79 Å². The minimum atomic E-state index is -1.00. The van der Waals surface area contributed by atoms with Crippen LogP contribution in [0.2, 0.25) is 0 Å². The second kappa shape index (κ2) is 5.30. The lowest BCUT2D eigenvalue weighted by atomic mass is 10.0. The van der Waals surface area contributed by atoms with Crippen molar-refractivity contribution >= 4 is 23.4 Å². The second-order valence-corrected chi connectivity index (χ2v) is 5.35. The summed E-state index contributed by atoms with van der Waals surface area (Å²) in [6.07, 6.45) is -1.00. The highest BCUT2D eigenvalue weighted by atomic mass is 16.6. The number of nitrogens with zero attached hydrogens (tertiary/aromatic N) is 3. The van der Waals surface area contributed by atoms with Gasteiger partial charge >= 0.3 is 6.09 Å². The third-order valence-electron chi connectivity index (χ3n) is 4.03. The van der Waals surface area contributed by atoms with Crippen LogP contribution in [0.1, 0.15) is 10.4 Å². The Hall–Kier alpha value is -3.04. The Labute approximate surface area is 130 Å². The van der Waals surface area contributed by atoms with Crippen molar-refractivity contribution in [3.05, 3.63) is 27.8 Å². The molecular formula is C13H14N4O6. The Bertz CT molecular complexity index is 706. The monoisotopic (exact) mass is 322 g/mol. The smallest absolute Gasteiger partial charge is 0.407 e. The third kappa shape index (κ3) is 2.47. The number of rotatable bonds is 2. The summed E-state index contributed by atoms with van der Waals surface area (Å²) in [6.45, 7) is 1.18. The number of carboxylic acid groups (broad SMARTS) is 1. The predicted molar refractivity (Wildman–Crippen MR) is 77.8 cm³/mol.